The maximum Gasteiger partial charge on any atom is 0.157 e. The predicted molar refractivity (Wildman–Crippen MR) is 67.6 cm³/mol. The third-order valence-electron chi connectivity index (χ3n) is 2.31. The predicted octanol–water partition coefficient (Wildman–Crippen LogP) is 4.19. The second-order valence-corrected chi connectivity index (χ2v) is 4.35. The van der Waals surface area contributed by atoms with Crippen molar-refractivity contribution in [3.8, 4) is 5.75 Å². The van der Waals surface area contributed by atoms with Crippen LogP contribution < -0.4 is 4.74 Å². The van der Waals surface area contributed by atoms with Gasteiger partial charge < -0.3 is 9.47 Å². The molecule has 2 atom stereocenters. The van der Waals surface area contributed by atoms with Crippen LogP contribution in [0.15, 0.2) is 18.2 Å². The Kier molecular flexibility index (Phi) is 5.39. The number of hydrogen-bond acceptors (Lipinski definition) is 2. The molecule has 0 aliphatic heterocycles. The second kappa shape index (κ2) is 6.33. The molecular formula is C12H16Cl2O2. The fourth-order valence-electron chi connectivity index (χ4n) is 1.28. The van der Waals surface area contributed by atoms with E-state index < -0.39 is 0 Å². The quantitative estimate of drug-likeness (QED) is 0.793. The van der Waals surface area contributed by atoms with Gasteiger partial charge in [-0.2, -0.15) is 0 Å². The molecule has 0 fully saturated rings. The summed E-state index contributed by atoms with van der Waals surface area (Å²) in [5.74, 6) is 0.518. The van der Waals surface area contributed by atoms with Crippen molar-refractivity contribution < 1.29 is 9.47 Å². The first-order valence-corrected chi connectivity index (χ1v) is 6.04. The molecule has 0 amide bonds. The summed E-state index contributed by atoms with van der Waals surface area (Å²) in [5, 5.41) is 1.03. The largest absolute Gasteiger partial charge is 0.485 e. The standard InChI is InChI=1S/C12H16Cl2O2/c1-4-15-8(2)9(3)16-12-10(13)6-5-7-11(12)14/h5-9H,4H2,1-3H3/t8?,9-/m0/s1. The lowest BCUT2D eigenvalue weighted by Crippen LogP contribution is -2.28. The average molecular weight is 263 g/mol. The van der Waals surface area contributed by atoms with Gasteiger partial charge in [0.1, 0.15) is 6.10 Å². The number of benzene rings is 1. The molecule has 0 aliphatic carbocycles. The monoisotopic (exact) mass is 262 g/mol. The van der Waals surface area contributed by atoms with Gasteiger partial charge >= 0.3 is 0 Å². The van der Waals surface area contributed by atoms with Crippen LogP contribution >= 0.6 is 23.2 Å². The van der Waals surface area contributed by atoms with Crippen LogP contribution in [-0.2, 0) is 4.74 Å². The Morgan fingerprint density at radius 1 is 1.12 bits per heavy atom. The molecular weight excluding hydrogens is 247 g/mol. The van der Waals surface area contributed by atoms with Gasteiger partial charge in [0.05, 0.1) is 16.1 Å². The van der Waals surface area contributed by atoms with E-state index in [1.807, 2.05) is 20.8 Å². The molecule has 4 heteroatoms. The van der Waals surface area contributed by atoms with E-state index in [0.29, 0.717) is 22.4 Å². The van der Waals surface area contributed by atoms with Crippen LogP contribution in [0.1, 0.15) is 20.8 Å². The lowest BCUT2D eigenvalue weighted by molar-refractivity contribution is -0.00106. The van der Waals surface area contributed by atoms with E-state index in [-0.39, 0.29) is 12.2 Å². The lowest BCUT2D eigenvalue weighted by atomic mass is 10.2. The van der Waals surface area contributed by atoms with E-state index in [1.54, 1.807) is 18.2 Å². The molecule has 1 aromatic rings. The zero-order valence-corrected chi connectivity index (χ0v) is 11.2. The molecule has 1 unspecified atom stereocenters. The first-order chi connectivity index (χ1) is 7.56. The summed E-state index contributed by atoms with van der Waals surface area (Å²) in [4.78, 5) is 0. The molecule has 1 aromatic carbocycles. The number of rotatable bonds is 5. The molecule has 0 spiro atoms. The van der Waals surface area contributed by atoms with Crippen molar-refractivity contribution in [3.05, 3.63) is 28.2 Å². The minimum atomic E-state index is -0.0997. The Bertz CT molecular complexity index is 322. The maximum absolute atomic E-state index is 6.01. The van der Waals surface area contributed by atoms with Gasteiger partial charge in [0.2, 0.25) is 0 Å². The molecule has 0 radical (unpaired) electrons. The number of para-hydroxylation sites is 1. The molecule has 0 aliphatic rings. The summed E-state index contributed by atoms with van der Waals surface area (Å²) in [5.41, 5.74) is 0. The van der Waals surface area contributed by atoms with E-state index in [1.165, 1.54) is 0 Å². The van der Waals surface area contributed by atoms with Crippen molar-refractivity contribution in [3.63, 3.8) is 0 Å². The van der Waals surface area contributed by atoms with Crippen LogP contribution in [0.4, 0.5) is 0 Å². The third kappa shape index (κ3) is 3.55. The summed E-state index contributed by atoms with van der Waals surface area (Å²) < 4.78 is 11.1. The first kappa shape index (κ1) is 13.6. The van der Waals surface area contributed by atoms with Gasteiger partial charge in [-0.15, -0.1) is 0 Å². The summed E-state index contributed by atoms with van der Waals surface area (Å²) in [6, 6.07) is 5.29. The van der Waals surface area contributed by atoms with Crippen LogP contribution in [0, 0.1) is 0 Å². The summed E-state index contributed by atoms with van der Waals surface area (Å²) in [7, 11) is 0. The van der Waals surface area contributed by atoms with Crippen LogP contribution in [0.25, 0.3) is 0 Å². The van der Waals surface area contributed by atoms with Gasteiger partial charge in [-0.3, -0.25) is 0 Å². The van der Waals surface area contributed by atoms with E-state index in [4.69, 9.17) is 32.7 Å². The van der Waals surface area contributed by atoms with Gasteiger partial charge in [0.25, 0.3) is 0 Å². The van der Waals surface area contributed by atoms with Gasteiger partial charge in [-0.05, 0) is 32.9 Å². The van der Waals surface area contributed by atoms with Crippen LogP contribution in [0.2, 0.25) is 10.0 Å². The van der Waals surface area contributed by atoms with E-state index in [9.17, 15) is 0 Å². The molecule has 2 nitrogen and oxygen atoms in total. The van der Waals surface area contributed by atoms with E-state index in [2.05, 4.69) is 0 Å². The van der Waals surface area contributed by atoms with Gasteiger partial charge in [0.15, 0.2) is 5.75 Å². The number of hydrogen-bond donors (Lipinski definition) is 0. The van der Waals surface area contributed by atoms with Crippen LogP contribution in [0.5, 0.6) is 5.75 Å². The Hall–Kier alpha value is -0.440. The zero-order chi connectivity index (χ0) is 12.1. The minimum Gasteiger partial charge on any atom is -0.485 e. The van der Waals surface area contributed by atoms with Gasteiger partial charge in [-0.1, -0.05) is 29.3 Å². The van der Waals surface area contributed by atoms with Crippen molar-refractivity contribution in [1.82, 2.24) is 0 Å². The third-order valence-corrected chi connectivity index (χ3v) is 2.91. The summed E-state index contributed by atoms with van der Waals surface area (Å²) in [6.07, 6.45) is -0.102. The summed E-state index contributed by atoms with van der Waals surface area (Å²) >= 11 is 12.0. The topological polar surface area (TPSA) is 18.5 Å². The van der Waals surface area contributed by atoms with Crippen LogP contribution in [-0.4, -0.2) is 18.8 Å². The molecule has 0 N–H and O–H groups in total. The Balaban J connectivity index is 2.72. The normalized spacial score (nSPS) is 14.6. The molecule has 16 heavy (non-hydrogen) atoms. The van der Waals surface area contributed by atoms with Crippen molar-refractivity contribution >= 4 is 23.2 Å². The smallest absolute Gasteiger partial charge is 0.157 e. The molecule has 0 heterocycles. The molecule has 1 rings (SSSR count). The Labute approximate surface area is 106 Å². The van der Waals surface area contributed by atoms with Crippen molar-refractivity contribution in [2.75, 3.05) is 6.61 Å². The molecule has 90 valence electrons. The highest BCUT2D eigenvalue weighted by Gasteiger charge is 2.16. The maximum atomic E-state index is 6.01. The fourth-order valence-corrected chi connectivity index (χ4v) is 1.76. The average Bonchev–Trinajstić information content (AvgIpc) is 2.23. The number of halogens is 2. The highest BCUT2D eigenvalue weighted by atomic mass is 35.5. The Morgan fingerprint density at radius 2 is 1.69 bits per heavy atom. The molecule has 0 bridgehead atoms. The lowest BCUT2D eigenvalue weighted by Gasteiger charge is -2.22. The van der Waals surface area contributed by atoms with E-state index >= 15 is 0 Å². The highest BCUT2D eigenvalue weighted by molar-refractivity contribution is 6.37. The highest BCUT2D eigenvalue weighted by Crippen LogP contribution is 2.33. The van der Waals surface area contributed by atoms with Gasteiger partial charge in [0, 0.05) is 6.61 Å². The SMILES string of the molecule is CCOC(C)[C@H](C)Oc1c(Cl)cccc1Cl. The van der Waals surface area contributed by atoms with Crippen molar-refractivity contribution in [1.29, 1.82) is 0 Å². The fraction of sp³-hybridized carbons (Fsp3) is 0.500. The molecule has 0 saturated heterocycles. The van der Waals surface area contributed by atoms with Crippen molar-refractivity contribution in [2.24, 2.45) is 0 Å². The molecule has 0 saturated carbocycles. The minimum absolute atomic E-state index is 0.00246. The molecule has 0 aromatic heterocycles. The summed E-state index contributed by atoms with van der Waals surface area (Å²) in [6.45, 7) is 6.50. The second-order valence-electron chi connectivity index (χ2n) is 3.53. The first-order valence-electron chi connectivity index (χ1n) is 5.28. The zero-order valence-electron chi connectivity index (χ0n) is 9.67. The Morgan fingerprint density at radius 3 is 2.19 bits per heavy atom. The van der Waals surface area contributed by atoms with Crippen molar-refractivity contribution in [2.45, 2.75) is 33.0 Å². The van der Waals surface area contributed by atoms with Crippen LogP contribution in [0.3, 0.4) is 0 Å². The van der Waals surface area contributed by atoms with E-state index in [0.717, 1.165) is 0 Å². The van der Waals surface area contributed by atoms with Gasteiger partial charge in [-0.25, -0.2) is 0 Å². The number of ether oxygens (including phenoxy) is 2.